The van der Waals surface area contributed by atoms with Crippen molar-refractivity contribution in [2.24, 2.45) is 11.1 Å². The van der Waals surface area contributed by atoms with Crippen LogP contribution in [0, 0.1) is 5.41 Å². The SMILES string of the molecule is CN(Cc1cc2ccccc2nc1Cl)CC(C)(C)CN. The average Bonchev–Trinajstić information content (AvgIpc) is 2.39. The number of rotatable bonds is 5. The largest absolute Gasteiger partial charge is 0.330 e. The second kappa shape index (κ2) is 6.08. The van der Waals surface area contributed by atoms with Crippen LogP contribution in [0.4, 0.5) is 0 Å². The molecule has 0 bridgehead atoms. The van der Waals surface area contributed by atoms with Gasteiger partial charge < -0.3 is 10.6 Å². The molecular weight excluding hydrogens is 270 g/mol. The van der Waals surface area contributed by atoms with Crippen molar-refractivity contribution in [3.8, 4) is 0 Å². The molecule has 4 heteroatoms. The van der Waals surface area contributed by atoms with E-state index in [0.29, 0.717) is 11.7 Å². The second-order valence-electron chi connectivity index (χ2n) is 6.17. The van der Waals surface area contributed by atoms with Gasteiger partial charge in [-0.1, -0.05) is 43.6 Å². The highest BCUT2D eigenvalue weighted by molar-refractivity contribution is 6.30. The van der Waals surface area contributed by atoms with Crippen LogP contribution in [0.5, 0.6) is 0 Å². The molecule has 20 heavy (non-hydrogen) atoms. The van der Waals surface area contributed by atoms with Crippen molar-refractivity contribution >= 4 is 22.5 Å². The van der Waals surface area contributed by atoms with Crippen molar-refractivity contribution in [1.82, 2.24) is 9.88 Å². The topological polar surface area (TPSA) is 42.2 Å². The fourth-order valence-electron chi connectivity index (χ4n) is 2.39. The van der Waals surface area contributed by atoms with Gasteiger partial charge in [-0.15, -0.1) is 0 Å². The van der Waals surface area contributed by atoms with Gasteiger partial charge in [0.1, 0.15) is 5.15 Å². The van der Waals surface area contributed by atoms with Crippen LogP contribution in [-0.2, 0) is 6.54 Å². The Hall–Kier alpha value is -1.16. The number of halogens is 1. The fourth-order valence-corrected chi connectivity index (χ4v) is 2.59. The average molecular weight is 292 g/mol. The van der Waals surface area contributed by atoms with Crippen LogP contribution < -0.4 is 5.73 Å². The van der Waals surface area contributed by atoms with Crippen LogP contribution in [0.1, 0.15) is 19.4 Å². The van der Waals surface area contributed by atoms with Crippen LogP contribution in [-0.4, -0.2) is 30.0 Å². The predicted molar refractivity (Wildman–Crippen MR) is 85.9 cm³/mol. The second-order valence-corrected chi connectivity index (χ2v) is 6.53. The zero-order valence-electron chi connectivity index (χ0n) is 12.4. The van der Waals surface area contributed by atoms with Crippen LogP contribution in [0.2, 0.25) is 5.15 Å². The first-order valence-corrected chi connectivity index (χ1v) is 7.22. The molecule has 0 aliphatic heterocycles. The predicted octanol–water partition coefficient (Wildman–Crippen LogP) is 3.30. The number of benzene rings is 1. The van der Waals surface area contributed by atoms with Crippen LogP contribution >= 0.6 is 11.6 Å². The molecule has 0 radical (unpaired) electrons. The van der Waals surface area contributed by atoms with Crippen molar-refractivity contribution in [3.05, 3.63) is 41.0 Å². The Morgan fingerprint density at radius 2 is 2.00 bits per heavy atom. The van der Waals surface area contributed by atoms with Crippen molar-refractivity contribution in [2.75, 3.05) is 20.1 Å². The number of aromatic nitrogens is 1. The lowest BCUT2D eigenvalue weighted by molar-refractivity contribution is 0.210. The van der Waals surface area contributed by atoms with Crippen LogP contribution in [0.25, 0.3) is 10.9 Å². The lowest BCUT2D eigenvalue weighted by Crippen LogP contribution is -2.36. The fraction of sp³-hybridized carbons (Fsp3) is 0.438. The van der Waals surface area contributed by atoms with E-state index in [-0.39, 0.29) is 5.41 Å². The number of para-hydroxylation sites is 1. The van der Waals surface area contributed by atoms with Crippen molar-refractivity contribution < 1.29 is 0 Å². The summed E-state index contributed by atoms with van der Waals surface area (Å²) < 4.78 is 0. The molecule has 0 aliphatic carbocycles. The quantitative estimate of drug-likeness (QED) is 0.860. The molecule has 3 nitrogen and oxygen atoms in total. The Kier molecular flexibility index (Phi) is 4.63. The summed E-state index contributed by atoms with van der Waals surface area (Å²) in [5.41, 5.74) is 7.88. The van der Waals surface area contributed by atoms with E-state index in [1.54, 1.807) is 0 Å². The summed E-state index contributed by atoms with van der Waals surface area (Å²) in [5, 5.41) is 1.71. The molecule has 0 saturated heterocycles. The van der Waals surface area contributed by atoms with E-state index in [9.17, 15) is 0 Å². The van der Waals surface area contributed by atoms with Gasteiger partial charge in [-0.3, -0.25) is 0 Å². The first-order valence-electron chi connectivity index (χ1n) is 6.84. The lowest BCUT2D eigenvalue weighted by atomic mass is 9.93. The molecule has 1 heterocycles. The third-order valence-corrected chi connectivity index (χ3v) is 3.77. The Morgan fingerprint density at radius 3 is 2.70 bits per heavy atom. The molecule has 0 aliphatic rings. The highest BCUT2D eigenvalue weighted by Crippen LogP contribution is 2.23. The minimum absolute atomic E-state index is 0.103. The van der Waals surface area contributed by atoms with Crippen molar-refractivity contribution in [1.29, 1.82) is 0 Å². The van der Waals surface area contributed by atoms with Gasteiger partial charge in [0.05, 0.1) is 5.52 Å². The van der Waals surface area contributed by atoms with Gasteiger partial charge in [0.25, 0.3) is 0 Å². The summed E-state index contributed by atoms with van der Waals surface area (Å²) >= 11 is 6.29. The Morgan fingerprint density at radius 1 is 1.30 bits per heavy atom. The third-order valence-electron chi connectivity index (χ3n) is 3.44. The molecule has 0 fully saturated rings. The highest BCUT2D eigenvalue weighted by Gasteiger charge is 2.18. The van der Waals surface area contributed by atoms with E-state index < -0.39 is 0 Å². The zero-order valence-corrected chi connectivity index (χ0v) is 13.1. The molecule has 0 saturated carbocycles. The molecule has 2 N–H and O–H groups in total. The van der Waals surface area contributed by atoms with Crippen molar-refractivity contribution in [2.45, 2.75) is 20.4 Å². The maximum atomic E-state index is 6.29. The molecule has 0 atom stereocenters. The molecule has 0 amide bonds. The number of nitrogens with two attached hydrogens (primary N) is 1. The van der Waals surface area contributed by atoms with Gasteiger partial charge in [0, 0.05) is 24.0 Å². The Bertz CT molecular complexity index is 595. The molecule has 0 spiro atoms. The van der Waals surface area contributed by atoms with E-state index in [1.165, 1.54) is 0 Å². The number of hydrogen-bond donors (Lipinski definition) is 1. The summed E-state index contributed by atoms with van der Waals surface area (Å²) in [6.07, 6.45) is 0. The number of hydrogen-bond acceptors (Lipinski definition) is 3. The standard InChI is InChI=1S/C16H22ClN3/c1-16(2,10-18)11-20(3)9-13-8-12-6-4-5-7-14(12)19-15(13)17/h4-8H,9-11,18H2,1-3H3. The summed E-state index contributed by atoms with van der Waals surface area (Å²) in [4.78, 5) is 6.70. The summed E-state index contributed by atoms with van der Waals surface area (Å²) in [6, 6.07) is 10.2. The maximum absolute atomic E-state index is 6.29. The monoisotopic (exact) mass is 291 g/mol. The molecule has 2 rings (SSSR count). The molecule has 108 valence electrons. The molecule has 1 aromatic heterocycles. The molecule has 2 aromatic rings. The minimum atomic E-state index is 0.103. The molecule has 1 aromatic carbocycles. The van der Waals surface area contributed by atoms with Crippen LogP contribution in [0.15, 0.2) is 30.3 Å². The molecule has 0 unspecified atom stereocenters. The van der Waals surface area contributed by atoms with Crippen LogP contribution in [0.3, 0.4) is 0 Å². The first kappa shape index (κ1) is 15.2. The van der Waals surface area contributed by atoms with Gasteiger partial charge in [-0.2, -0.15) is 0 Å². The van der Waals surface area contributed by atoms with Gasteiger partial charge in [0.2, 0.25) is 0 Å². The summed E-state index contributed by atoms with van der Waals surface area (Å²) in [5.74, 6) is 0. The van der Waals surface area contributed by atoms with E-state index in [0.717, 1.165) is 29.6 Å². The first-order chi connectivity index (χ1) is 9.41. The van der Waals surface area contributed by atoms with Gasteiger partial charge in [0.15, 0.2) is 0 Å². The third kappa shape index (κ3) is 3.69. The maximum Gasteiger partial charge on any atom is 0.134 e. The van der Waals surface area contributed by atoms with Gasteiger partial charge in [-0.05, 0) is 31.1 Å². The normalized spacial score (nSPS) is 12.3. The number of pyridine rings is 1. The van der Waals surface area contributed by atoms with E-state index >= 15 is 0 Å². The zero-order chi connectivity index (χ0) is 14.8. The number of nitrogens with zero attached hydrogens (tertiary/aromatic N) is 2. The Balaban J connectivity index is 2.19. The highest BCUT2D eigenvalue weighted by atomic mass is 35.5. The van der Waals surface area contributed by atoms with Gasteiger partial charge in [-0.25, -0.2) is 4.98 Å². The van der Waals surface area contributed by atoms with E-state index in [1.807, 2.05) is 18.2 Å². The smallest absolute Gasteiger partial charge is 0.134 e. The van der Waals surface area contributed by atoms with E-state index in [2.05, 4.69) is 42.9 Å². The van der Waals surface area contributed by atoms with Gasteiger partial charge >= 0.3 is 0 Å². The summed E-state index contributed by atoms with van der Waals surface area (Å²) in [6.45, 7) is 6.71. The summed E-state index contributed by atoms with van der Waals surface area (Å²) in [7, 11) is 2.09. The lowest BCUT2D eigenvalue weighted by Gasteiger charge is -2.29. The van der Waals surface area contributed by atoms with E-state index in [4.69, 9.17) is 17.3 Å². The minimum Gasteiger partial charge on any atom is -0.330 e. The van der Waals surface area contributed by atoms with Crippen molar-refractivity contribution in [3.63, 3.8) is 0 Å². The number of fused-ring (bicyclic) bond motifs is 1. The molecular formula is C16H22ClN3. The Labute approximate surface area is 125 Å².